The van der Waals surface area contributed by atoms with Crippen LogP contribution in [0.4, 0.5) is 5.69 Å². The summed E-state index contributed by atoms with van der Waals surface area (Å²) >= 11 is 0. The number of anilines is 1. The summed E-state index contributed by atoms with van der Waals surface area (Å²) in [4.78, 5) is 6.95. The van der Waals surface area contributed by atoms with Crippen LogP contribution in [-0.2, 0) is 7.05 Å². The van der Waals surface area contributed by atoms with Crippen molar-refractivity contribution in [2.45, 2.75) is 50.7 Å². The monoisotopic (exact) mass is 300 g/mol. The summed E-state index contributed by atoms with van der Waals surface area (Å²) in [6.45, 7) is 1.07. The molecule has 2 aliphatic rings. The lowest BCUT2D eigenvalue weighted by Gasteiger charge is -2.38. The zero-order chi connectivity index (χ0) is 15.1. The van der Waals surface area contributed by atoms with Crippen LogP contribution < -0.4 is 4.90 Å². The van der Waals surface area contributed by atoms with Crippen LogP contribution in [0.15, 0.2) is 18.5 Å². The molecule has 5 heteroatoms. The van der Waals surface area contributed by atoms with Gasteiger partial charge in [-0.25, -0.2) is 4.98 Å². The molecule has 1 saturated heterocycles. The molecule has 0 bridgehead atoms. The summed E-state index contributed by atoms with van der Waals surface area (Å²) in [5.41, 5.74) is 2.17. The quantitative estimate of drug-likeness (QED) is 0.926. The Labute approximate surface area is 130 Å². The van der Waals surface area contributed by atoms with Gasteiger partial charge in [0.2, 0.25) is 0 Å². The van der Waals surface area contributed by atoms with Gasteiger partial charge in [-0.1, -0.05) is 12.8 Å². The van der Waals surface area contributed by atoms with Gasteiger partial charge in [-0.2, -0.15) is 5.10 Å². The number of nitrogens with zero attached hydrogens (tertiary/aromatic N) is 4. The van der Waals surface area contributed by atoms with Crippen molar-refractivity contribution in [3.05, 3.63) is 18.5 Å². The van der Waals surface area contributed by atoms with Crippen molar-refractivity contribution in [2.24, 2.45) is 13.0 Å². The summed E-state index contributed by atoms with van der Waals surface area (Å²) in [7, 11) is 1.94. The van der Waals surface area contributed by atoms with E-state index in [4.69, 9.17) is 0 Å². The van der Waals surface area contributed by atoms with Gasteiger partial charge in [0.25, 0.3) is 0 Å². The van der Waals surface area contributed by atoms with Crippen molar-refractivity contribution in [1.29, 1.82) is 0 Å². The van der Waals surface area contributed by atoms with Crippen LogP contribution in [0, 0.1) is 5.92 Å². The predicted octanol–water partition coefficient (Wildman–Crippen LogP) is 2.49. The van der Waals surface area contributed by atoms with Crippen molar-refractivity contribution in [1.82, 2.24) is 14.8 Å². The van der Waals surface area contributed by atoms with Gasteiger partial charge in [0.15, 0.2) is 5.65 Å². The third-order valence-electron chi connectivity index (χ3n) is 5.50. The van der Waals surface area contributed by atoms with E-state index < -0.39 is 0 Å². The Morgan fingerprint density at radius 3 is 2.91 bits per heavy atom. The fourth-order valence-corrected chi connectivity index (χ4v) is 4.41. The lowest BCUT2D eigenvalue weighted by atomic mass is 9.80. The molecule has 3 atom stereocenters. The summed E-state index contributed by atoms with van der Waals surface area (Å²) < 4.78 is 1.83. The molecule has 22 heavy (non-hydrogen) atoms. The third kappa shape index (κ3) is 2.19. The smallest absolute Gasteiger partial charge is 0.159 e. The van der Waals surface area contributed by atoms with Crippen molar-refractivity contribution in [2.75, 3.05) is 11.4 Å². The molecule has 1 N–H and O–H groups in total. The minimum Gasteiger partial charge on any atom is -0.393 e. The van der Waals surface area contributed by atoms with Gasteiger partial charge in [0, 0.05) is 31.7 Å². The number of aryl methyl sites for hydroxylation is 1. The average molecular weight is 300 g/mol. The van der Waals surface area contributed by atoms with Crippen LogP contribution in [0.2, 0.25) is 0 Å². The highest BCUT2D eigenvalue weighted by Crippen LogP contribution is 2.38. The fourth-order valence-electron chi connectivity index (χ4n) is 4.41. The minimum atomic E-state index is -0.134. The third-order valence-corrected chi connectivity index (χ3v) is 5.50. The van der Waals surface area contributed by atoms with Gasteiger partial charge in [0.05, 0.1) is 23.4 Å². The second-order valence-corrected chi connectivity index (χ2v) is 6.75. The number of hydrogen-bond donors (Lipinski definition) is 1. The van der Waals surface area contributed by atoms with E-state index in [0.29, 0.717) is 12.0 Å². The van der Waals surface area contributed by atoms with Gasteiger partial charge in [0.1, 0.15) is 0 Å². The van der Waals surface area contributed by atoms with E-state index in [9.17, 15) is 5.11 Å². The van der Waals surface area contributed by atoms with Gasteiger partial charge in [-0.15, -0.1) is 0 Å². The highest BCUT2D eigenvalue weighted by molar-refractivity contribution is 5.89. The molecule has 1 saturated carbocycles. The van der Waals surface area contributed by atoms with Crippen molar-refractivity contribution >= 4 is 16.7 Å². The molecule has 2 aromatic rings. The summed E-state index contributed by atoms with van der Waals surface area (Å²) in [6.07, 6.45) is 10.6. The minimum absolute atomic E-state index is 0.134. The van der Waals surface area contributed by atoms with E-state index in [1.54, 1.807) is 0 Å². The van der Waals surface area contributed by atoms with Gasteiger partial charge >= 0.3 is 0 Å². The number of aromatic nitrogens is 3. The van der Waals surface area contributed by atoms with Crippen LogP contribution in [-0.4, -0.2) is 38.6 Å². The van der Waals surface area contributed by atoms with Gasteiger partial charge in [-0.3, -0.25) is 4.68 Å². The van der Waals surface area contributed by atoms with E-state index in [-0.39, 0.29) is 6.10 Å². The largest absolute Gasteiger partial charge is 0.393 e. The molecular formula is C17H24N4O. The van der Waals surface area contributed by atoms with E-state index in [1.165, 1.54) is 31.4 Å². The number of fused-ring (bicyclic) bond motifs is 1. The number of rotatable bonds is 2. The number of pyridine rings is 1. The van der Waals surface area contributed by atoms with Crippen LogP contribution in [0.25, 0.3) is 11.0 Å². The maximum atomic E-state index is 10.5. The van der Waals surface area contributed by atoms with Gasteiger partial charge in [-0.05, 0) is 31.7 Å². The van der Waals surface area contributed by atoms with E-state index in [1.807, 2.05) is 24.1 Å². The van der Waals surface area contributed by atoms with Crippen LogP contribution in [0.1, 0.15) is 38.5 Å². The molecular weight excluding hydrogens is 276 g/mol. The maximum absolute atomic E-state index is 10.5. The summed E-state index contributed by atoms with van der Waals surface area (Å²) in [5.74, 6) is 0.413. The van der Waals surface area contributed by atoms with Crippen molar-refractivity contribution in [3.63, 3.8) is 0 Å². The second-order valence-electron chi connectivity index (χ2n) is 6.75. The normalized spacial score (nSPS) is 29.4. The highest BCUT2D eigenvalue weighted by atomic mass is 16.3. The van der Waals surface area contributed by atoms with Crippen LogP contribution >= 0.6 is 0 Å². The van der Waals surface area contributed by atoms with Gasteiger partial charge < -0.3 is 10.0 Å². The van der Waals surface area contributed by atoms with Crippen LogP contribution in [0.5, 0.6) is 0 Å². The Morgan fingerprint density at radius 1 is 1.18 bits per heavy atom. The highest BCUT2D eigenvalue weighted by Gasteiger charge is 2.37. The molecule has 3 heterocycles. The molecule has 1 aliphatic carbocycles. The second kappa shape index (κ2) is 5.54. The Bertz CT molecular complexity index is 668. The van der Waals surface area contributed by atoms with Crippen molar-refractivity contribution < 1.29 is 5.11 Å². The van der Waals surface area contributed by atoms with E-state index in [0.717, 1.165) is 30.4 Å². The molecule has 0 aromatic carbocycles. The maximum Gasteiger partial charge on any atom is 0.159 e. The Balaban J connectivity index is 1.70. The molecule has 2 aromatic heterocycles. The summed E-state index contributed by atoms with van der Waals surface area (Å²) in [5, 5.41) is 15.9. The first-order valence-electron chi connectivity index (χ1n) is 8.47. The first kappa shape index (κ1) is 14.0. The lowest BCUT2D eigenvalue weighted by molar-refractivity contribution is 0.0566. The number of aliphatic hydroxyl groups is 1. The first-order valence-corrected chi connectivity index (χ1v) is 8.47. The molecule has 5 nitrogen and oxygen atoms in total. The first-order chi connectivity index (χ1) is 10.8. The Kier molecular flexibility index (Phi) is 3.53. The lowest BCUT2D eigenvalue weighted by Crippen LogP contribution is -2.42. The molecule has 1 aliphatic heterocycles. The van der Waals surface area contributed by atoms with E-state index in [2.05, 4.69) is 21.0 Å². The topological polar surface area (TPSA) is 54.2 Å². The SMILES string of the molecule is Cn1ncc2c(N3CCC[C@@H]3[C@H]3CCCC[C@H]3O)ccnc21. The Morgan fingerprint density at radius 2 is 2.05 bits per heavy atom. The molecule has 0 radical (unpaired) electrons. The summed E-state index contributed by atoms with van der Waals surface area (Å²) in [6, 6.07) is 2.57. The fraction of sp³-hybridized carbons (Fsp3) is 0.647. The standard InChI is InChI=1S/C17H24N4O/c1-20-17-13(11-19-20)15(8-9-18-17)21-10-4-6-14(21)12-5-2-3-7-16(12)22/h8-9,11-12,14,16,22H,2-7,10H2,1H3/t12-,14-,16-/m1/s1. The molecule has 0 amide bonds. The predicted molar refractivity (Wildman–Crippen MR) is 86.8 cm³/mol. The average Bonchev–Trinajstić information content (AvgIpc) is 3.15. The zero-order valence-corrected chi connectivity index (χ0v) is 13.1. The number of aliphatic hydroxyl groups excluding tert-OH is 1. The van der Waals surface area contributed by atoms with E-state index >= 15 is 0 Å². The van der Waals surface area contributed by atoms with Crippen molar-refractivity contribution in [3.8, 4) is 0 Å². The molecule has 118 valence electrons. The number of hydrogen-bond acceptors (Lipinski definition) is 4. The molecule has 2 fully saturated rings. The molecule has 0 spiro atoms. The van der Waals surface area contributed by atoms with Crippen LogP contribution in [0.3, 0.4) is 0 Å². The molecule has 4 rings (SSSR count). The zero-order valence-electron chi connectivity index (χ0n) is 13.1. The molecule has 0 unspecified atom stereocenters. The Hall–Kier alpha value is -1.62.